The van der Waals surface area contributed by atoms with Crippen molar-refractivity contribution < 1.29 is 29.1 Å². The summed E-state index contributed by atoms with van der Waals surface area (Å²) in [5.74, 6) is -1.87. The fraction of sp³-hybridized carbons (Fsp3) is 0.450. The Labute approximate surface area is 228 Å². The predicted octanol–water partition coefficient (Wildman–Crippen LogP) is 0.287. The van der Waals surface area contributed by atoms with Gasteiger partial charge < -0.3 is 20.6 Å². The Balaban J connectivity index is 1.49. The van der Waals surface area contributed by atoms with Crippen LogP contribution in [0.15, 0.2) is 27.0 Å². The number of nitrogens with one attached hydrogen (secondary N) is 2. The highest BCUT2D eigenvalue weighted by atomic mass is 32.2. The number of oxime groups is 1. The summed E-state index contributed by atoms with van der Waals surface area (Å²) in [7, 11) is 1.67. The third-order valence-electron chi connectivity index (χ3n) is 5.38. The Hall–Kier alpha value is -3.51. The van der Waals surface area contributed by atoms with Crippen LogP contribution in [0.1, 0.15) is 25.5 Å². The van der Waals surface area contributed by atoms with E-state index < -0.39 is 29.2 Å². The maximum absolute atomic E-state index is 13.2. The molecule has 2 aliphatic rings. The monoisotopic (exact) mass is 581 g/mol. The molecule has 0 aromatic carbocycles. The number of carbonyl (C=O) groups is 4. The van der Waals surface area contributed by atoms with Gasteiger partial charge in [0.15, 0.2) is 10.8 Å². The van der Waals surface area contributed by atoms with Crippen molar-refractivity contribution >= 4 is 69.9 Å². The van der Waals surface area contributed by atoms with E-state index in [9.17, 15) is 24.3 Å². The normalized spacial score (nSPS) is 19.1. The molecular weight excluding hydrogens is 558 g/mol. The first kappa shape index (κ1) is 27.5. The molecule has 1 fully saturated rings. The van der Waals surface area contributed by atoms with E-state index in [2.05, 4.69) is 36.3 Å². The van der Waals surface area contributed by atoms with Crippen molar-refractivity contribution in [2.75, 3.05) is 23.4 Å². The Morgan fingerprint density at radius 3 is 2.92 bits per heavy atom. The van der Waals surface area contributed by atoms with Crippen LogP contribution in [0.5, 0.6) is 0 Å². The summed E-state index contributed by atoms with van der Waals surface area (Å²) in [5, 5.41) is 31.7. The second-order valence-electron chi connectivity index (χ2n) is 7.92. The summed E-state index contributed by atoms with van der Waals surface area (Å²) < 4.78 is 1.47. The highest BCUT2D eigenvalue weighted by Crippen LogP contribution is 2.41. The number of nitrogens with zero attached hydrogens (tertiary/aromatic N) is 7. The summed E-state index contributed by atoms with van der Waals surface area (Å²) in [6.45, 7) is 2.26. The Bertz CT molecular complexity index is 1290. The number of hydrogen-bond acceptors (Lipinski definition) is 13. The van der Waals surface area contributed by atoms with Gasteiger partial charge in [0.2, 0.25) is 11.6 Å². The van der Waals surface area contributed by atoms with Crippen LogP contribution in [0.25, 0.3) is 0 Å². The van der Waals surface area contributed by atoms with Crippen LogP contribution in [-0.2, 0) is 31.1 Å². The lowest BCUT2D eigenvalue weighted by molar-refractivity contribution is -0.150. The minimum Gasteiger partial charge on any atom is -0.477 e. The van der Waals surface area contributed by atoms with Gasteiger partial charge >= 0.3 is 5.97 Å². The molecule has 4 rings (SSSR count). The van der Waals surface area contributed by atoms with E-state index in [-0.39, 0.29) is 34.6 Å². The number of hydrogen-bond donors (Lipinski definition) is 3. The van der Waals surface area contributed by atoms with Crippen LogP contribution in [0.4, 0.5) is 5.13 Å². The van der Waals surface area contributed by atoms with Crippen LogP contribution in [0, 0.1) is 0 Å². The van der Waals surface area contributed by atoms with E-state index in [4.69, 9.17) is 4.84 Å². The number of aryl methyl sites for hydroxylation is 1. The number of carboxylic acid groups (broad SMARTS) is 1. The average molecular weight is 582 g/mol. The van der Waals surface area contributed by atoms with E-state index in [1.807, 2.05) is 6.92 Å². The second-order valence-corrected chi connectivity index (χ2v) is 10.8. The molecule has 3 N–H and O–H groups in total. The number of carbonyl (C=O) groups excluding carboxylic acids is 3. The molecule has 0 aliphatic carbocycles. The van der Waals surface area contributed by atoms with Crippen molar-refractivity contribution in [2.24, 2.45) is 12.2 Å². The maximum Gasteiger partial charge on any atom is 0.352 e. The van der Waals surface area contributed by atoms with Crippen LogP contribution < -0.4 is 10.6 Å². The van der Waals surface area contributed by atoms with Crippen molar-refractivity contribution in [1.29, 1.82) is 0 Å². The molecule has 0 bridgehead atoms. The number of thioether (sulfide) groups is 2. The van der Waals surface area contributed by atoms with Gasteiger partial charge in [-0.3, -0.25) is 19.3 Å². The molecule has 1 saturated heterocycles. The van der Waals surface area contributed by atoms with Gasteiger partial charge in [-0.25, -0.2) is 14.5 Å². The van der Waals surface area contributed by atoms with Crippen molar-refractivity contribution in [2.45, 2.75) is 36.3 Å². The van der Waals surface area contributed by atoms with E-state index in [1.165, 1.54) is 38.5 Å². The third-order valence-corrected chi connectivity index (χ3v) is 8.59. The molecule has 15 nitrogen and oxygen atoms in total. The molecule has 2 aromatic rings. The third kappa shape index (κ3) is 5.81. The van der Waals surface area contributed by atoms with Gasteiger partial charge in [-0.1, -0.05) is 30.3 Å². The lowest BCUT2D eigenvalue weighted by Crippen LogP contribution is -2.71. The number of carboxylic acids is 1. The first-order valence-corrected chi connectivity index (χ1v) is 14.2. The molecule has 202 valence electrons. The summed E-state index contributed by atoms with van der Waals surface area (Å²) in [4.78, 5) is 59.7. The summed E-state index contributed by atoms with van der Waals surface area (Å²) in [5.41, 5.74) is 0.450. The molecule has 18 heteroatoms. The Kier molecular flexibility index (Phi) is 8.95. The molecule has 0 saturated carbocycles. The number of anilines is 1. The Morgan fingerprint density at radius 2 is 2.24 bits per heavy atom. The molecule has 2 aliphatic heterocycles. The largest absolute Gasteiger partial charge is 0.477 e. The molecular formula is C20H23N9O6S3. The zero-order chi connectivity index (χ0) is 27.2. The van der Waals surface area contributed by atoms with Crippen molar-refractivity contribution in [3.63, 3.8) is 0 Å². The number of amides is 3. The number of β-lactam (4-membered cyclic amide) rings is 1. The number of unbranched alkanes of at least 4 members (excludes halogenated alkanes) is 1. The molecule has 0 spiro atoms. The van der Waals surface area contributed by atoms with Gasteiger partial charge in [-0.2, -0.15) is 0 Å². The second kappa shape index (κ2) is 12.4. The molecule has 0 radical (unpaired) electrons. The molecule has 2 aromatic heterocycles. The SMILES string of the molecule is CCCCON=C(C(=O)NC1C(=O)N2C(C(=O)O)=C(CSc3nnnn3C)CS[C@@H]12)c1csc(NC=O)n1. The van der Waals surface area contributed by atoms with Gasteiger partial charge in [0, 0.05) is 23.9 Å². The zero-order valence-corrected chi connectivity index (χ0v) is 22.6. The zero-order valence-electron chi connectivity index (χ0n) is 20.2. The number of aliphatic carboxylic acids is 1. The standard InChI is InChI=1S/C20H23N9O6S3/c1-3-4-5-35-25-12(11-8-37-19(22-11)21-9-30)15(31)23-13-16(32)29-14(18(33)34)10(6-36-17(13)29)7-38-20-24-26-27-28(20)2/h8-9,13,17H,3-7H2,1-2H3,(H,23,31)(H,33,34)(H,21,22,30)/t13?,17-/m0/s1. The van der Waals surface area contributed by atoms with Crippen molar-refractivity contribution in [3.05, 3.63) is 22.3 Å². The molecule has 1 unspecified atom stereocenters. The smallest absolute Gasteiger partial charge is 0.352 e. The number of tetrazole rings is 1. The first-order chi connectivity index (χ1) is 18.3. The number of rotatable bonds is 13. The molecule has 3 amide bonds. The minimum atomic E-state index is -1.23. The van der Waals surface area contributed by atoms with Crippen LogP contribution in [0.3, 0.4) is 0 Å². The topological polar surface area (TPSA) is 194 Å². The maximum atomic E-state index is 13.2. The van der Waals surface area contributed by atoms with E-state index in [0.29, 0.717) is 22.9 Å². The van der Waals surface area contributed by atoms with Crippen LogP contribution in [0.2, 0.25) is 0 Å². The fourth-order valence-corrected chi connectivity index (χ4v) is 6.51. The van der Waals surface area contributed by atoms with Crippen LogP contribution in [-0.4, -0.2) is 94.6 Å². The predicted molar refractivity (Wildman–Crippen MR) is 138 cm³/mol. The highest BCUT2D eigenvalue weighted by Gasteiger charge is 2.54. The van der Waals surface area contributed by atoms with Gasteiger partial charge in [-0.05, 0) is 22.4 Å². The minimum absolute atomic E-state index is 0.104. The lowest BCUT2D eigenvalue weighted by Gasteiger charge is -2.49. The summed E-state index contributed by atoms with van der Waals surface area (Å²) >= 11 is 3.70. The van der Waals surface area contributed by atoms with E-state index >= 15 is 0 Å². The summed E-state index contributed by atoms with van der Waals surface area (Å²) in [6.07, 6.45) is 2.05. The molecule has 4 heterocycles. The molecule has 38 heavy (non-hydrogen) atoms. The van der Waals surface area contributed by atoms with Gasteiger partial charge in [0.1, 0.15) is 29.4 Å². The van der Waals surface area contributed by atoms with E-state index in [1.54, 1.807) is 7.05 Å². The van der Waals surface area contributed by atoms with Crippen molar-refractivity contribution in [1.82, 2.24) is 35.4 Å². The lowest BCUT2D eigenvalue weighted by atomic mass is 10.0. The molecule has 2 atom stereocenters. The first-order valence-electron chi connectivity index (χ1n) is 11.3. The van der Waals surface area contributed by atoms with Gasteiger partial charge in [0.25, 0.3) is 11.8 Å². The average Bonchev–Trinajstić information content (AvgIpc) is 3.53. The summed E-state index contributed by atoms with van der Waals surface area (Å²) in [6, 6.07) is -0.967. The van der Waals surface area contributed by atoms with Gasteiger partial charge in [-0.15, -0.1) is 28.2 Å². The quantitative estimate of drug-likeness (QED) is 0.0732. The highest BCUT2D eigenvalue weighted by molar-refractivity contribution is 8.01. The number of aromatic nitrogens is 5. The fourth-order valence-electron chi connectivity index (χ4n) is 3.52. The van der Waals surface area contributed by atoms with Crippen molar-refractivity contribution in [3.8, 4) is 0 Å². The van der Waals surface area contributed by atoms with Gasteiger partial charge in [0.05, 0.1) is 0 Å². The Morgan fingerprint density at radius 1 is 1.42 bits per heavy atom. The van der Waals surface area contributed by atoms with Crippen LogP contribution >= 0.6 is 34.9 Å². The van der Waals surface area contributed by atoms with E-state index in [0.717, 1.165) is 24.2 Å². The number of thiazole rings is 1. The number of fused-ring (bicyclic) bond motifs is 1.